The predicted octanol–water partition coefficient (Wildman–Crippen LogP) is 3.70. The fourth-order valence-electron chi connectivity index (χ4n) is 3.38. The lowest BCUT2D eigenvalue weighted by Crippen LogP contribution is -2.42. The molecule has 0 aliphatic rings. The molecule has 0 atom stereocenters. The number of carbonyl (C=O) groups excluding carboxylic acids is 1. The van der Waals surface area contributed by atoms with E-state index in [2.05, 4.69) is 5.32 Å². The quantitative estimate of drug-likeness (QED) is 0.459. The highest BCUT2D eigenvalue weighted by molar-refractivity contribution is 7.92. The van der Waals surface area contributed by atoms with Crippen molar-refractivity contribution in [1.82, 2.24) is 5.32 Å². The molecule has 3 aromatic rings. The third-order valence-electron chi connectivity index (χ3n) is 4.99. The molecule has 7 nitrogen and oxygen atoms in total. The number of sulfonamides is 1. The van der Waals surface area contributed by atoms with E-state index >= 15 is 0 Å². The summed E-state index contributed by atoms with van der Waals surface area (Å²) in [6, 6.07) is 20.8. The number of nitrogens with one attached hydrogen (secondary N) is 1. The van der Waals surface area contributed by atoms with Crippen molar-refractivity contribution in [3.8, 4) is 11.5 Å². The van der Waals surface area contributed by atoms with Gasteiger partial charge in [-0.25, -0.2) is 8.42 Å². The second kappa shape index (κ2) is 10.9. The summed E-state index contributed by atoms with van der Waals surface area (Å²) in [5, 5.41) is 2.73. The Labute approximate surface area is 195 Å². The zero-order valence-corrected chi connectivity index (χ0v) is 19.8. The zero-order chi connectivity index (χ0) is 23.8. The molecule has 0 saturated heterocycles. The van der Waals surface area contributed by atoms with Gasteiger partial charge in [-0.05, 0) is 49.7 Å². The fraction of sp³-hybridized carbons (Fsp3) is 0.240. The standard InChI is InChI=1S/C25H28N2O5S/c1-19-13-14-22(20(2)17-19)27(33(29,30)21-9-5-4-6-10-21)18-25(28)26-15-16-32-24-12-8-7-11-23(24)31-3/h4-14,17H,15-16,18H2,1-3H3,(H,26,28). The van der Waals surface area contributed by atoms with Gasteiger partial charge in [0.05, 0.1) is 24.2 Å². The third-order valence-corrected chi connectivity index (χ3v) is 6.76. The second-order valence-corrected chi connectivity index (χ2v) is 9.33. The van der Waals surface area contributed by atoms with Crippen LogP contribution in [0.25, 0.3) is 0 Å². The molecule has 33 heavy (non-hydrogen) atoms. The maximum atomic E-state index is 13.4. The largest absolute Gasteiger partial charge is 0.493 e. The SMILES string of the molecule is COc1ccccc1OCCNC(=O)CN(c1ccc(C)cc1C)S(=O)(=O)c1ccccc1. The summed E-state index contributed by atoms with van der Waals surface area (Å²) in [6.45, 7) is 3.83. The molecule has 0 bridgehead atoms. The van der Waals surface area contributed by atoms with E-state index in [9.17, 15) is 13.2 Å². The normalized spacial score (nSPS) is 11.0. The van der Waals surface area contributed by atoms with Crippen LogP contribution in [0.15, 0.2) is 77.7 Å². The first-order valence-corrected chi connectivity index (χ1v) is 11.9. The predicted molar refractivity (Wildman–Crippen MR) is 128 cm³/mol. The number of nitrogens with zero attached hydrogens (tertiary/aromatic N) is 1. The van der Waals surface area contributed by atoms with Crippen LogP contribution in [0.1, 0.15) is 11.1 Å². The zero-order valence-electron chi connectivity index (χ0n) is 18.9. The van der Waals surface area contributed by atoms with Crippen LogP contribution in [-0.4, -0.2) is 41.1 Å². The molecular weight excluding hydrogens is 440 g/mol. The lowest BCUT2D eigenvalue weighted by molar-refractivity contribution is -0.119. The minimum Gasteiger partial charge on any atom is -0.493 e. The molecule has 174 valence electrons. The van der Waals surface area contributed by atoms with Gasteiger partial charge in [-0.2, -0.15) is 0 Å². The van der Waals surface area contributed by atoms with Gasteiger partial charge in [0.25, 0.3) is 10.0 Å². The highest BCUT2D eigenvalue weighted by Crippen LogP contribution is 2.28. The summed E-state index contributed by atoms with van der Waals surface area (Å²) in [7, 11) is -2.39. The van der Waals surface area contributed by atoms with E-state index in [1.165, 1.54) is 12.1 Å². The van der Waals surface area contributed by atoms with Gasteiger partial charge in [0.2, 0.25) is 5.91 Å². The topological polar surface area (TPSA) is 84.9 Å². The minimum atomic E-state index is -3.94. The number of para-hydroxylation sites is 2. The third kappa shape index (κ3) is 6.04. The van der Waals surface area contributed by atoms with E-state index in [1.807, 2.05) is 38.1 Å². The number of benzene rings is 3. The summed E-state index contributed by atoms with van der Waals surface area (Å²) < 4.78 is 38.8. The van der Waals surface area contributed by atoms with Crippen LogP contribution < -0.4 is 19.1 Å². The summed E-state index contributed by atoms with van der Waals surface area (Å²) >= 11 is 0. The molecule has 1 amide bonds. The first-order chi connectivity index (χ1) is 15.8. The molecule has 0 saturated carbocycles. The minimum absolute atomic E-state index is 0.122. The van der Waals surface area contributed by atoms with Crippen LogP contribution >= 0.6 is 0 Å². The van der Waals surface area contributed by atoms with Gasteiger partial charge in [-0.15, -0.1) is 0 Å². The van der Waals surface area contributed by atoms with E-state index in [0.29, 0.717) is 17.2 Å². The average Bonchev–Trinajstić information content (AvgIpc) is 2.81. The number of hydrogen-bond donors (Lipinski definition) is 1. The number of anilines is 1. The first-order valence-electron chi connectivity index (χ1n) is 10.5. The number of methoxy groups -OCH3 is 1. The van der Waals surface area contributed by atoms with E-state index in [0.717, 1.165) is 15.4 Å². The van der Waals surface area contributed by atoms with Crippen LogP contribution in [0, 0.1) is 13.8 Å². The van der Waals surface area contributed by atoms with Gasteiger partial charge < -0.3 is 14.8 Å². The van der Waals surface area contributed by atoms with Crippen LogP contribution in [0.3, 0.4) is 0 Å². The molecule has 3 aromatic carbocycles. The lowest BCUT2D eigenvalue weighted by atomic mass is 10.1. The molecule has 0 heterocycles. The van der Waals surface area contributed by atoms with Crippen LogP contribution in [0.2, 0.25) is 0 Å². The molecular formula is C25H28N2O5S. The Kier molecular flexibility index (Phi) is 7.95. The van der Waals surface area contributed by atoms with Gasteiger partial charge >= 0.3 is 0 Å². The van der Waals surface area contributed by atoms with Crippen molar-refractivity contribution >= 4 is 21.6 Å². The molecule has 0 radical (unpaired) electrons. The van der Waals surface area contributed by atoms with E-state index in [4.69, 9.17) is 9.47 Å². The molecule has 0 aliphatic carbocycles. The molecule has 0 aliphatic heterocycles. The first kappa shape index (κ1) is 24.1. The van der Waals surface area contributed by atoms with Crippen molar-refractivity contribution in [3.63, 3.8) is 0 Å². The van der Waals surface area contributed by atoms with Gasteiger partial charge in [0.15, 0.2) is 11.5 Å². The van der Waals surface area contributed by atoms with Gasteiger partial charge in [-0.3, -0.25) is 9.10 Å². The van der Waals surface area contributed by atoms with E-state index in [1.54, 1.807) is 43.5 Å². The van der Waals surface area contributed by atoms with Crippen LogP contribution in [0.5, 0.6) is 11.5 Å². The van der Waals surface area contributed by atoms with Crippen LogP contribution in [-0.2, 0) is 14.8 Å². The number of carbonyl (C=O) groups is 1. The lowest BCUT2D eigenvalue weighted by Gasteiger charge is -2.26. The number of amides is 1. The molecule has 3 rings (SSSR count). The average molecular weight is 469 g/mol. The number of ether oxygens (including phenoxy) is 2. The summed E-state index contributed by atoms with van der Waals surface area (Å²) in [5.74, 6) is 0.731. The van der Waals surface area contributed by atoms with Crippen LogP contribution in [0.4, 0.5) is 5.69 Å². The summed E-state index contributed by atoms with van der Waals surface area (Å²) in [5.41, 5.74) is 2.23. The maximum Gasteiger partial charge on any atom is 0.264 e. The Balaban J connectivity index is 1.73. The Hall–Kier alpha value is -3.52. The molecule has 0 unspecified atom stereocenters. The van der Waals surface area contributed by atoms with E-state index < -0.39 is 15.9 Å². The van der Waals surface area contributed by atoms with Crippen molar-refractivity contribution in [1.29, 1.82) is 0 Å². The number of hydrogen-bond acceptors (Lipinski definition) is 5. The fourth-order valence-corrected chi connectivity index (χ4v) is 4.89. The van der Waals surface area contributed by atoms with Crippen molar-refractivity contribution in [2.24, 2.45) is 0 Å². The molecule has 8 heteroatoms. The Morgan fingerprint density at radius 1 is 0.939 bits per heavy atom. The highest BCUT2D eigenvalue weighted by Gasteiger charge is 2.28. The number of rotatable bonds is 10. The van der Waals surface area contributed by atoms with Crippen molar-refractivity contribution in [3.05, 3.63) is 83.9 Å². The van der Waals surface area contributed by atoms with Gasteiger partial charge in [0.1, 0.15) is 13.2 Å². The highest BCUT2D eigenvalue weighted by atomic mass is 32.2. The Bertz CT molecular complexity index is 1200. The summed E-state index contributed by atoms with van der Waals surface area (Å²) in [4.78, 5) is 12.8. The Morgan fingerprint density at radius 3 is 2.27 bits per heavy atom. The monoisotopic (exact) mass is 468 g/mol. The van der Waals surface area contributed by atoms with Gasteiger partial charge in [0, 0.05) is 0 Å². The van der Waals surface area contributed by atoms with E-state index in [-0.39, 0.29) is 24.6 Å². The molecule has 0 aromatic heterocycles. The molecule has 1 N–H and O–H groups in total. The van der Waals surface area contributed by atoms with Crippen molar-refractivity contribution in [2.45, 2.75) is 18.7 Å². The maximum absolute atomic E-state index is 13.4. The van der Waals surface area contributed by atoms with Crippen molar-refractivity contribution in [2.75, 3.05) is 31.1 Å². The summed E-state index contributed by atoms with van der Waals surface area (Å²) in [6.07, 6.45) is 0. The Morgan fingerprint density at radius 2 is 1.61 bits per heavy atom. The number of aryl methyl sites for hydroxylation is 2. The van der Waals surface area contributed by atoms with Crippen molar-refractivity contribution < 1.29 is 22.7 Å². The molecule has 0 fully saturated rings. The smallest absolute Gasteiger partial charge is 0.264 e. The van der Waals surface area contributed by atoms with Gasteiger partial charge in [-0.1, -0.05) is 48.0 Å². The molecule has 0 spiro atoms. The second-order valence-electron chi connectivity index (χ2n) is 7.46.